The molecule has 30 nitrogen and oxygen atoms in total. The molecule has 0 saturated carbocycles. The van der Waals surface area contributed by atoms with E-state index in [1.165, 1.54) is 78.8 Å². The summed E-state index contributed by atoms with van der Waals surface area (Å²) in [5.41, 5.74) is -1.98. The molecular weight excluding hydrogens is 1470 g/mol. The zero-order valence-electron chi connectivity index (χ0n) is 69.2. The Morgan fingerprint density at radius 3 is 1.88 bits per heavy atom. The number of fused-ring (bicyclic) bond motifs is 2. The number of aliphatic carboxylic acids is 2. The molecule has 2 heterocycles. The Labute approximate surface area is 665 Å². The molecule has 0 aromatic rings. The number of methoxy groups -OCH3 is 1. The number of nitrogens with one attached hydrogen (secondary N) is 3. The van der Waals surface area contributed by atoms with Crippen molar-refractivity contribution in [3.05, 3.63) is 95.7 Å². The van der Waals surface area contributed by atoms with Crippen molar-refractivity contribution in [2.24, 2.45) is 64.1 Å². The average Bonchev–Trinajstić information content (AvgIpc) is 0.776. The van der Waals surface area contributed by atoms with Gasteiger partial charge in [-0.05, 0) is 147 Å². The van der Waals surface area contributed by atoms with Crippen LogP contribution < -0.4 is 16.0 Å². The summed E-state index contributed by atoms with van der Waals surface area (Å²) in [6, 6.07) is -6.25. The minimum Gasteiger partial charge on any atom is -0.479 e. The number of ether oxygens (including phenoxy) is 4. The van der Waals surface area contributed by atoms with E-state index >= 15 is 0 Å². The minimum atomic E-state index is -3.50. The number of Topliss-reactive ketones (excluding diaryl/α,β-unsaturated/α-hetero) is 1. The number of carboxylic acids is 2. The second-order valence-electron chi connectivity index (χ2n) is 32.7. The monoisotopic (exact) mass is 1600 g/mol. The molecule has 2 aliphatic heterocycles. The highest BCUT2D eigenvalue weighted by atomic mass is 16.7. The molecule has 3 amide bonds. The number of carboxylic acid groups (broad SMARTS) is 2. The van der Waals surface area contributed by atoms with Crippen LogP contribution in [0.25, 0.3) is 0 Å². The van der Waals surface area contributed by atoms with Crippen LogP contribution in [0.1, 0.15) is 189 Å². The summed E-state index contributed by atoms with van der Waals surface area (Å²) < 4.78 is 22.7. The number of cyclic esters (lactones) is 1. The fourth-order valence-corrected chi connectivity index (χ4v) is 13.9. The second kappa shape index (κ2) is 47.1. The first-order chi connectivity index (χ1) is 52.3. The number of hydrogen-bond donors (Lipinski definition) is 17. The third-order valence-corrected chi connectivity index (χ3v) is 21.8. The number of carbonyl (C=O) groups excluding carboxylic acids is 7. The number of carbonyl (C=O) groups is 9. The van der Waals surface area contributed by atoms with Crippen LogP contribution in [0.2, 0.25) is 0 Å². The molecule has 1 fully saturated rings. The van der Waals surface area contributed by atoms with Crippen LogP contribution in [-0.4, -0.2) is 241 Å². The lowest BCUT2D eigenvalue weighted by molar-refractivity contribution is -0.268. The van der Waals surface area contributed by atoms with Crippen LogP contribution in [0, 0.1) is 64.1 Å². The first kappa shape index (κ1) is 102. The molecule has 642 valence electrons. The van der Waals surface area contributed by atoms with E-state index in [2.05, 4.69) is 17.6 Å². The van der Waals surface area contributed by atoms with E-state index < -0.39 is 222 Å². The Bertz CT molecular complexity index is 3370. The van der Waals surface area contributed by atoms with Crippen LogP contribution in [-0.2, 0) is 62.1 Å². The highest BCUT2D eigenvalue weighted by molar-refractivity contribution is 5.95. The van der Waals surface area contributed by atoms with Gasteiger partial charge in [0, 0.05) is 41.6 Å². The van der Waals surface area contributed by atoms with E-state index in [-0.39, 0.29) is 37.0 Å². The average molecular weight is 1600 g/mol. The number of hydrogen-bond acceptors (Lipinski definition) is 25. The standard InChI is InChI=1S/C83H133N3O27/c1-43(2)67(94)65(84-63(92)35-36-81(15,16)74(100)53(12)75(101)82(17,18)80(108)110-19)71(98)50(9)40-48(7)68(95)45(4)31-33-58(88)52(11)76(102)86-73(55(14)87)83(109)54(13)61(112-64(93)42-60(90)77(103)104)34-32-46(5)69(96)47(6)39-49(8)70(97)51(10)59(89)41-57-38-44(3)37-56(111-57)29-27-25-23-21-20-22-24-26-28-30-62(91)85-66(79(107)113-83)72(99)78(105)106/h21,23-28,30,32,35-36,39-40,43-45,47,50-61,65-73,75,87-90,94-99,101,109H,20,22,29,31,33-34,37-38,41-42H2,1-19H3,(H,84,92)(H,85,91)(H,86,102)(H,103,104)(H,105,106)/b23-21?,26-24?,27-25?,30-28?,36-35+,46-32?,48-40+,49-39?/t44-,45?,47?,50?,51?,52?,53?,54?,55?,56-,57+,58?,59?,60?,61?,65?,66?,67?,68?,69?,70?,71?,72?,73?,75?,83?/m1/s1. The van der Waals surface area contributed by atoms with Gasteiger partial charge in [-0.3, -0.25) is 28.8 Å². The van der Waals surface area contributed by atoms with Gasteiger partial charge >= 0.3 is 29.8 Å². The normalized spacial score (nSPS) is 28.1. The summed E-state index contributed by atoms with van der Waals surface area (Å²) in [6.07, 6.45) is 0.633. The number of allylic oxidation sites excluding steroid dienone is 7. The summed E-state index contributed by atoms with van der Waals surface area (Å²) in [5.74, 6) is -23.1. The van der Waals surface area contributed by atoms with Crippen molar-refractivity contribution >= 4 is 53.4 Å². The Morgan fingerprint density at radius 2 is 1.32 bits per heavy atom. The lowest BCUT2D eigenvalue weighted by atomic mass is 9.72. The predicted molar refractivity (Wildman–Crippen MR) is 418 cm³/mol. The summed E-state index contributed by atoms with van der Waals surface area (Å²) in [7, 11) is 1.15. The molecule has 26 atom stereocenters. The van der Waals surface area contributed by atoms with Gasteiger partial charge in [0.1, 0.15) is 17.9 Å². The van der Waals surface area contributed by atoms with E-state index in [9.17, 15) is 115 Å². The fourth-order valence-electron chi connectivity index (χ4n) is 13.9. The maximum Gasteiger partial charge on any atom is 0.335 e. The van der Waals surface area contributed by atoms with Crippen LogP contribution >= 0.6 is 0 Å². The molecule has 17 N–H and O–H groups in total. The molecule has 1 saturated heterocycles. The van der Waals surface area contributed by atoms with Crippen molar-refractivity contribution in [3.63, 3.8) is 0 Å². The largest absolute Gasteiger partial charge is 0.479 e. The maximum atomic E-state index is 14.7. The van der Waals surface area contributed by atoms with Crippen LogP contribution in [0.5, 0.6) is 0 Å². The predicted octanol–water partition coefficient (Wildman–Crippen LogP) is 4.58. The van der Waals surface area contributed by atoms with Gasteiger partial charge in [-0.1, -0.05) is 136 Å². The lowest BCUT2D eigenvalue weighted by Crippen LogP contribution is -2.67. The number of aliphatic hydroxyl groups is 12. The molecule has 23 unspecified atom stereocenters. The van der Waals surface area contributed by atoms with Crippen molar-refractivity contribution < 1.29 is 134 Å². The highest BCUT2D eigenvalue weighted by Gasteiger charge is 2.55. The Hall–Kier alpha value is -7.17. The fraction of sp³-hybridized carbons (Fsp3) is 0.699. The van der Waals surface area contributed by atoms with E-state index in [0.29, 0.717) is 42.7 Å². The van der Waals surface area contributed by atoms with Gasteiger partial charge in [0.25, 0.3) is 0 Å². The number of rotatable bonds is 29. The van der Waals surface area contributed by atoms with Crippen molar-refractivity contribution in [2.75, 3.05) is 7.11 Å². The number of aliphatic hydroxyl groups excluding tert-OH is 11. The highest BCUT2D eigenvalue weighted by Crippen LogP contribution is 2.37. The van der Waals surface area contributed by atoms with Gasteiger partial charge < -0.3 is 106 Å². The summed E-state index contributed by atoms with van der Waals surface area (Å²) in [6.45, 7) is 27.1. The summed E-state index contributed by atoms with van der Waals surface area (Å²) in [4.78, 5) is 120. The maximum absolute atomic E-state index is 14.7. The van der Waals surface area contributed by atoms with E-state index in [4.69, 9.17) is 18.9 Å². The molecule has 2 aliphatic rings. The van der Waals surface area contributed by atoms with Crippen LogP contribution in [0.3, 0.4) is 0 Å². The van der Waals surface area contributed by atoms with Gasteiger partial charge in [-0.2, -0.15) is 0 Å². The van der Waals surface area contributed by atoms with E-state index in [0.717, 1.165) is 39.5 Å². The first-order valence-corrected chi connectivity index (χ1v) is 39.0. The van der Waals surface area contributed by atoms with Crippen molar-refractivity contribution in [2.45, 2.75) is 298 Å². The number of ketones is 1. The molecule has 0 aliphatic carbocycles. The van der Waals surface area contributed by atoms with Gasteiger partial charge in [0.2, 0.25) is 23.5 Å². The SMILES string of the molecule is COC(=O)C(C)(C)C(O)C(C)C(=O)C(C)(C)/C=C/C(=O)NC(C(O)C(C)C)C(O)C(C)/C=C(\C)C(O)C(C)CCC(O)C(C)C(=O)NC(C(C)O)C1(O)OC(=O)C(C(O)C(=O)O)NC(=O)C=CC=CCCC=CC=CC[C@@H]2C[C@@H](C)C[C@@H](CC(O)C(C)C(O)C(C)=CC(C)C(O)C(C)=CCC(OC(=O)CC(O)C(=O)O)C1C)O2. The third-order valence-electron chi connectivity index (χ3n) is 21.8. The lowest BCUT2D eigenvalue weighted by Gasteiger charge is -2.44. The Kier molecular flexibility index (Phi) is 42.5. The molecule has 0 aromatic carbocycles. The molecular formula is C83H133N3O27. The first-order valence-electron chi connectivity index (χ1n) is 39.0. The molecule has 30 heteroatoms. The Morgan fingerprint density at radius 1 is 0.735 bits per heavy atom. The van der Waals surface area contributed by atoms with E-state index in [1.807, 2.05) is 29.6 Å². The molecule has 113 heavy (non-hydrogen) atoms. The van der Waals surface area contributed by atoms with E-state index in [1.54, 1.807) is 67.5 Å². The van der Waals surface area contributed by atoms with Crippen molar-refractivity contribution in [3.8, 4) is 0 Å². The smallest absolute Gasteiger partial charge is 0.335 e. The van der Waals surface area contributed by atoms with Gasteiger partial charge in [-0.25, -0.2) is 14.4 Å². The van der Waals surface area contributed by atoms with Crippen molar-refractivity contribution in [1.29, 1.82) is 0 Å². The van der Waals surface area contributed by atoms with Gasteiger partial charge in [-0.15, -0.1) is 0 Å². The molecule has 0 aromatic heterocycles. The summed E-state index contributed by atoms with van der Waals surface area (Å²) in [5, 5.41) is 165. The third kappa shape index (κ3) is 31.4. The minimum absolute atomic E-state index is 0.0151. The molecule has 0 radical (unpaired) electrons. The van der Waals surface area contributed by atoms with Crippen LogP contribution in [0.15, 0.2) is 95.7 Å². The summed E-state index contributed by atoms with van der Waals surface area (Å²) >= 11 is 0. The molecule has 0 spiro atoms. The molecule has 2 rings (SSSR count). The second-order valence-corrected chi connectivity index (χ2v) is 32.7. The zero-order valence-corrected chi connectivity index (χ0v) is 69.2. The van der Waals surface area contributed by atoms with Crippen molar-refractivity contribution in [1.82, 2.24) is 16.0 Å². The van der Waals surface area contributed by atoms with Crippen LogP contribution in [0.4, 0.5) is 0 Å². The molecule has 2 bridgehead atoms. The van der Waals surface area contributed by atoms with Gasteiger partial charge in [0.15, 0.2) is 18.2 Å². The topological polar surface area (TPSA) is 510 Å². The number of esters is 3. The quantitative estimate of drug-likeness (QED) is 0.0211. The van der Waals surface area contributed by atoms with Gasteiger partial charge in [0.05, 0.1) is 104 Å². The zero-order chi connectivity index (χ0) is 86.7. The Balaban J connectivity index is 2.73. The number of amides is 3.